The summed E-state index contributed by atoms with van der Waals surface area (Å²) in [4.78, 5) is 29.2. The lowest BCUT2D eigenvalue weighted by atomic mass is 10.0. The van der Waals surface area contributed by atoms with E-state index in [4.69, 9.17) is 4.74 Å². The summed E-state index contributed by atoms with van der Waals surface area (Å²) in [6, 6.07) is 15.4. The van der Waals surface area contributed by atoms with Crippen LogP contribution in [0.15, 0.2) is 88.7 Å². The number of pyridine rings is 1. The fourth-order valence-electron chi connectivity index (χ4n) is 4.87. The lowest BCUT2D eigenvalue weighted by Gasteiger charge is -2.14. The Morgan fingerprint density at radius 2 is 1.76 bits per heavy atom. The zero-order valence-corrected chi connectivity index (χ0v) is 25.4. The van der Waals surface area contributed by atoms with Gasteiger partial charge in [-0.25, -0.2) is 30.3 Å². The molecule has 0 bridgehead atoms. The maximum Gasteiger partial charge on any atom is 0.282 e. The Hall–Kier alpha value is -5.02. The molecule has 0 radical (unpaired) electrons. The molecule has 11 nitrogen and oxygen atoms in total. The first kappa shape index (κ1) is 31.4. The van der Waals surface area contributed by atoms with Crippen LogP contribution in [-0.4, -0.2) is 45.2 Å². The molecular weight excluding hydrogens is 630 g/mol. The molecule has 0 atom stereocenters. The SMILES string of the molecule is CCOc1ccc2c(c1)c(-c1ccc[nH]c1=O)c(C(=O)NS(=O)(=O)c1cccc(NS(C)(=O)=O)c1)n2Cc1ccc(F)cc1F. The number of anilines is 1. The first-order chi connectivity index (χ1) is 21.3. The molecule has 0 unspecified atom stereocenters. The molecule has 0 saturated heterocycles. The number of nitrogens with zero attached hydrogens (tertiary/aromatic N) is 1. The summed E-state index contributed by atoms with van der Waals surface area (Å²) in [5, 5.41) is 0.321. The van der Waals surface area contributed by atoms with Gasteiger partial charge in [-0.1, -0.05) is 12.1 Å². The summed E-state index contributed by atoms with van der Waals surface area (Å²) in [6.45, 7) is 1.71. The standard InChI is InChI=1S/C30H26F2N4O7S2/c1-3-43-21-11-12-26-24(16-21)27(23-8-5-13-33-29(23)37)28(36(26)17-18-9-10-19(31)14-25(18)32)30(38)35-45(41,42)22-7-4-6-20(15-22)34-44(2,39)40/h4-16,34H,3,17H2,1-2H3,(H,33,37)(H,35,38). The number of amides is 1. The van der Waals surface area contributed by atoms with Crippen LogP contribution < -0.4 is 19.7 Å². The Kier molecular flexibility index (Phi) is 8.49. The molecule has 0 saturated carbocycles. The van der Waals surface area contributed by atoms with Crippen LogP contribution in [0.4, 0.5) is 14.5 Å². The van der Waals surface area contributed by atoms with E-state index in [0.717, 1.165) is 24.5 Å². The van der Waals surface area contributed by atoms with Gasteiger partial charge < -0.3 is 14.3 Å². The van der Waals surface area contributed by atoms with E-state index in [1.165, 1.54) is 41.1 Å². The number of ether oxygens (including phenoxy) is 1. The highest BCUT2D eigenvalue weighted by molar-refractivity contribution is 7.92. The van der Waals surface area contributed by atoms with Crippen molar-refractivity contribution in [3.63, 3.8) is 0 Å². The van der Waals surface area contributed by atoms with Crippen molar-refractivity contribution in [3.8, 4) is 16.9 Å². The van der Waals surface area contributed by atoms with Gasteiger partial charge in [-0.05, 0) is 61.5 Å². The molecule has 234 valence electrons. The molecule has 0 aliphatic rings. The van der Waals surface area contributed by atoms with Crippen LogP contribution >= 0.6 is 0 Å². The topological polar surface area (TPSA) is 156 Å². The van der Waals surface area contributed by atoms with E-state index in [1.807, 2.05) is 4.72 Å². The number of H-pyrrole nitrogens is 1. The number of aromatic amines is 1. The lowest BCUT2D eigenvalue weighted by molar-refractivity contribution is 0.0974. The molecule has 3 N–H and O–H groups in total. The first-order valence-corrected chi connectivity index (χ1v) is 16.7. The van der Waals surface area contributed by atoms with E-state index in [9.17, 15) is 35.2 Å². The van der Waals surface area contributed by atoms with Gasteiger partial charge in [-0.15, -0.1) is 0 Å². The van der Waals surface area contributed by atoms with Gasteiger partial charge in [0.05, 0.1) is 24.3 Å². The third kappa shape index (κ3) is 6.73. The molecule has 0 spiro atoms. The average molecular weight is 657 g/mol. The number of aromatic nitrogens is 2. The van der Waals surface area contributed by atoms with Gasteiger partial charge in [0.25, 0.3) is 21.5 Å². The van der Waals surface area contributed by atoms with E-state index >= 15 is 0 Å². The second-order valence-electron chi connectivity index (χ2n) is 9.91. The van der Waals surface area contributed by atoms with Crippen molar-refractivity contribution in [1.29, 1.82) is 0 Å². The highest BCUT2D eigenvalue weighted by Gasteiger charge is 2.29. The molecule has 5 aromatic rings. The molecule has 0 aliphatic heterocycles. The number of hydrogen-bond donors (Lipinski definition) is 3. The third-order valence-corrected chi connectivity index (χ3v) is 8.60. The second-order valence-corrected chi connectivity index (χ2v) is 13.3. The molecule has 0 aliphatic carbocycles. The van der Waals surface area contributed by atoms with E-state index in [1.54, 1.807) is 25.1 Å². The van der Waals surface area contributed by atoms with Gasteiger partial charge >= 0.3 is 0 Å². The molecule has 3 aromatic carbocycles. The predicted octanol–water partition coefficient (Wildman–Crippen LogP) is 4.21. The zero-order valence-electron chi connectivity index (χ0n) is 23.8. The number of rotatable bonds is 10. The third-order valence-electron chi connectivity index (χ3n) is 6.67. The molecule has 15 heteroatoms. The number of carbonyl (C=O) groups is 1. The first-order valence-electron chi connectivity index (χ1n) is 13.3. The maximum atomic E-state index is 14.9. The highest BCUT2D eigenvalue weighted by atomic mass is 32.2. The maximum absolute atomic E-state index is 14.9. The number of carbonyl (C=O) groups excluding carboxylic acids is 1. The summed E-state index contributed by atoms with van der Waals surface area (Å²) in [5.41, 5.74) is -0.619. The number of nitrogens with one attached hydrogen (secondary N) is 3. The van der Waals surface area contributed by atoms with Crippen LogP contribution in [0.5, 0.6) is 5.75 Å². The minimum absolute atomic E-state index is 0.0105. The summed E-state index contributed by atoms with van der Waals surface area (Å²) in [6.07, 6.45) is 2.27. The van der Waals surface area contributed by atoms with Crippen LogP contribution in [0.25, 0.3) is 22.0 Å². The quantitative estimate of drug-likeness (QED) is 0.203. The normalized spacial score (nSPS) is 11.8. The molecule has 5 rings (SSSR count). The Morgan fingerprint density at radius 3 is 2.44 bits per heavy atom. The largest absolute Gasteiger partial charge is 0.494 e. The molecule has 1 amide bonds. The monoisotopic (exact) mass is 656 g/mol. The number of hydrogen-bond acceptors (Lipinski definition) is 7. The van der Waals surface area contributed by atoms with Crippen molar-refractivity contribution in [2.45, 2.75) is 18.4 Å². The average Bonchev–Trinajstić information content (AvgIpc) is 3.27. The molecule has 2 heterocycles. The Bertz CT molecular complexity index is 2230. The van der Waals surface area contributed by atoms with Crippen molar-refractivity contribution in [2.75, 3.05) is 17.6 Å². The van der Waals surface area contributed by atoms with Crippen LogP contribution in [0.3, 0.4) is 0 Å². The van der Waals surface area contributed by atoms with Gasteiger partial charge in [0.15, 0.2) is 0 Å². The van der Waals surface area contributed by atoms with Gasteiger partial charge in [0, 0.05) is 45.5 Å². The van der Waals surface area contributed by atoms with Crippen LogP contribution in [0.2, 0.25) is 0 Å². The van der Waals surface area contributed by atoms with E-state index < -0.39 is 48.0 Å². The van der Waals surface area contributed by atoms with Gasteiger partial charge in [0.1, 0.15) is 23.1 Å². The summed E-state index contributed by atoms with van der Waals surface area (Å²) in [5.74, 6) is -2.51. The number of halogens is 2. The molecule has 0 fully saturated rings. The van der Waals surface area contributed by atoms with Crippen LogP contribution in [0.1, 0.15) is 23.0 Å². The van der Waals surface area contributed by atoms with Crippen LogP contribution in [0, 0.1) is 11.6 Å². The van der Waals surface area contributed by atoms with Crippen molar-refractivity contribution < 1.29 is 35.1 Å². The number of sulfonamides is 2. The van der Waals surface area contributed by atoms with E-state index in [2.05, 4.69) is 9.71 Å². The van der Waals surface area contributed by atoms with Gasteiger partial charge in [-0.3, -0.25) is 14.3 Å². The Balaban J connectivity index is 1.73. The van der Waals surface area contributed by atoms with Crippen LogP contribution in [-0.2, 0) is 26.6 Å². The molecule has 45 heavy (non-hydrogen) atoms. The highest BCUT2D eigenvalue weighted by Crippen LogP contribution is 2.37. The van der Waals surface area contributed by atoms with Crippen molar-refractivity contribution in [1.82, 2.24) is 14.3 Å². The smallest absolute Gasteiger partial charge is 0.282 e. The number of fused-ring (bicyclic) bond motifs is 1. The van der Waals surface area contributed by atoms with Crippen molar-refractivity contribution in [2.24, 2.45) is 0 Å². The van der Waals surface area contributed by atoms with Crippen molar-refractivity contribution >= 4 is 42.5 Å². The fraction of sp³-hybridized carbons (Fsp3) is 0.133. The number of benzene rings is 3. The Labute approximate surface area is 256 Å². The van der Waals surface area contributed by atoms with E-state index in [-0.39, 0.29) is 34.6 Å². The van der Waals surface area contributed by atoms with Crippen molar-refractivity contribution in [3.05, 3.63) is 112 Å². The summed E-state index contributed by atoms with van der Waals surface area (Å²) in [7, 11) is -8.38. The zero-order chi connectivity index (χ0) is 32.5. The van der Waals surface area contributed by atoms with Gasteiger partial charge in [-0.2, -0.15) is 0 Å². The minimum Gasteiger partial charge on any atom is -0.494 e. The lowest BCUT2D eigenvalue weighted by Crippen LogP contribution is -2.33. The summed E-state index contributed by atoms with van der Waals surface area (Å²) >= 11 is 0. The molecule has 2 aromatic heterocycles. The second kappa shape index (κ2) is 12.2. The van der Waals surface area contributed by atoms with E-state index in [0.29, 0.717) is 29.3 Å². The molecular formula is C30H26F2N4O7S2. The fourth-order valence-corrected chi connectivity index (χ4v) is 6.43. The summed E-state index contributed by atoms with van der Waals surface area (Å²) < 4.78 is 90.1. The Morgan fingerprint density at radius 1 is 0.978 bits per heavy atom. The predicted molar refractivity (Wildman–Crippen MR) is 164 cm³/mol. The van der Waals surface area contributed by atoms with Gasteiger partial charge in [0.2, 0.25) is 10.0 Å². The minimum atomic E-state index is -4.63.